The fraction of sp³-hybridized carbons (Fsp3) is 0.833. The molecule has 7 heteroatoms. The van der Waals surface area contributed by atoms with Crippen molar-refractivity contribution in [1.82, 2.24) is 14.8 Å². The zero-order chi connectivity index (χ0) is 13.5. The zero-order valence-corrected chi connectivity index (χ0v) is 12.3. The molecule has 0 spiro atoms. The van der Waals surface area contributed by atoms with Crippen LogP contribution in [0.4, 0.5) is 0 Å². The molecule has 2 aliphatic carbocycles. The first-order valence-electron chi connectivity index (χ1n) is 6.97. The Morgan fingerprint density at radius 3 is 2.16 bits per heavy atom. The third kappa shape index (κ3) is 2.79. The Hall–Kier alpha value is -0.620. The second-order valence-corrected chi connectivity index (χ2v) is 8.03. The van der Waals surface area contributed by atoms with E-state index in [-0.39, 0.29) is 11.2 Å². The quantitative estimate of drug-likeness (QED) is 0.636. The van der Waals surface area contributed by atoms with Gasteiger partial charge in [-0.2, -0.15) is 0 Å². The van der Waals surface area contributed by atoms with Gasteiger partial charge in [0.25, 0.3) is 14.2 Å². The van der Waals surface area contributed by atoms with E-state index in [0.717, 1.165) is 31.5 Å². The minimum atomic E-state index is -3.80. The predicted octanol–water partition coefficient (Wildman–Crippen LogP) is 2.98. The van der Waals surface area contributed by atoms with Crippen LogP contribution in [0.3, 0.4) is 0 Å². The first-order chi connectivity index (χ1) is 9.07. The van der Waals surface area contributed by atoms with Crippen LogP contribution in [0.1, 0.15) is 69.2 Å². The number of hydrogen-bond donors (Lipinski definition) is 0. The summed E-state index contributed by atoms with van der Waals surface area (Å²) in [5.74, 6) is 1.17. The Morgan fingerprint density at radius 2 is 1.63 bits per heavy atom. The van der Waals surface area contributed by atoms with E-state index in [1.165, 1.54) is 25.7 Å². The largest absolute Gasteiger partial charge is 0.297 e. The van der Waals surface area contributed by atoms with Crippen molar-refractivity contribution in [3.05, 3.63) is 5.82 Å². The number of halogens is 1. The van der Waals surface area contributed by atoms with Gasteiger partial charge in [-0.05, 0) is 25.7 Å². The molecule has 0 bridgehead atoms. The van der Waals surface area contributed by atoms with Gasteiger partial charge in [0.15, 0.2) is 0 Å². The summed E-state index contributed by atoms with van der Waals surface area (Å²) in [5, 5.41) is 7.95. The first kappa shape index (κ1) is 13.4. The summed E-state index contributed by atoms with van der Waals surface area (Å²) in [6.07, 6.45) is 9.04. The lowest BCUT2D eigenvalue weighted by Gasteiger charge is -2.15. The molecule has 3 rings (SSSR count). The van der Waals surface area contributed by atoms with Crippen LogP contribution in [0.5, 0.6) is 0 Å². The van der Waals surface area contributed by atoms with Crippen molar-refractivity contribution in [3.63, 3.8) is 0 Å². The van der Waals surface area contributed by atoms with Gasteiger partial charge in [0.1, 0.15) is 5.82 Å². The normalized spacial score (nSPS) is 22.4. The van der Waals surface area contributed by atoms with E-state index in [1.54, 1.807) is 4.57 Å². The van der Waals surface area contributed by atoms with Crippen LogP contribution in [-0.4, -0.2) is 23.2 Å². The second kappa shape index (κ2) is 5.05. The highest BCUT2D eigenvalue weighted by molar-refractivity contribution is 8.13. The third-order valence-corrected chi connectivity index (χ3v) is 5.17. The molecule has 0 aromatic carbocycles. The molecule has 0 unspecified atom stereocenters. The maximum Gasteiger partial charge on any atom is 0.296 e. The van der Waals surface area contributed by atoms with E-state index in [1.807, 2.05) is 0 Å². The standard InChI is InChI=1S/C12H18ClN3O2S/c13-19(17,18)12-15-14-11(16(12)10-7-8-10)9-5-3-1-2-4-6-9/h9-10H,1-8H2. The Kier molecular flexibility index (Phi) is 3.55. The maximum atomic E-state index is 11.6. The minimum absolute atomic E-state index is 0.0593. The number of rotatable bonds is 3. The van der Waals surface area contributed by atoms with Crippen molar-refractivity contribution in [3.8, 4) is 0 Å². The highest BCUT2D eigenvalue weighted by Crippen LogP contribution is 2.41. The van der Waals surface area contributed by atoms with Crippen molar-refractivity contribution in [2.45, 2.75) is 68.5 Å². The maximum absolute atomic E-state index is 11.6. The summed E-state index contributed by atoms with van der Waals surface area (Å²) in [6.45, 7) is 0. The second-order valence-electron chi connectivity index (χ2n) is 5.57. The Balaban J connectivity index is 1.99. The van der Waals surface area contributed by atoms with E-state index in [2.05, 4.69) is 10.2 Å². The summed E-state index contributed by atoms with van der Waals surface area (Å²) in [7, 11) is 1.67. The zero-order valence-electron chi connectivity index (χ0n) is 10.8. The molecular formula is C12H18ClN3O2S. The average molecular weight is 304 g/mol. The van der Waals surface area contributed by atoms with Gasteiger partial charge in [-0.25, -0.2) is 8.42 Å². The minimum Gasteiger partial charge on any atom is -0.297 e. The first-order valence-corrected chi connectivity index (χ1v) is 9.28. The molecule has 19 heavy (non-hydrogen) atoms. The molecule has 2 saturated carbocycles. The van der Waals surface area contributed by atoms with Crippen LogP contribution in [0.25, 0.3) is 0 Å². The van der Waals surface area contributed by atoms with E-state index < -0.39 is 9.05 Å². The summed E-state index contributed by atoms with van der Waals surface area (Å²) in [5.41, 5.74) is 0. The Labute approximate surface area is 117 Å². The molecular weight excluding hydrogens is 286 g/mol. The van der Waals surface area contributed by atoms with E-state index in [9.17, 15) is 8.42 Å². The molecule has 1 aromatic heterocycles. The smallest absolute Gasteiger partial charge is 0.296 e. The number of aromatic nitrogens is 3. The molecule has 2 fully saturated rings. The summed E-state index contributed by atoms with van der Waals surface area (Å²) < 4.78 is 25.0. The van der Waals surface area contributed by atoms with Gasteiger partial charge in [-0.1, -0.05) is 25.7 Å². The van der Waals surface area contributed by atoms with Crippen molar-refractivity contribution in [2.75, 3.05) is 0 Å². The lowest BCUT2D eigenvalue weighted by Crippen LogP contribution is -2.11. The molecule has 5 nitrogen and oxygen atoms in total. The molecule has 2 aliphatic rings. The number of nitrogens with zero attached hydrogens (tertiary/aromatic N) is 3. The van der Waals surface area contributed by atoms with Gasteiger partial charge in [-0.3, -0.25) is 4.57 Å². The monoisotopic (exact) mass is 303 g/mol. The topological polar surface area (TPSA) is 64.8 Å². The van der Waals surface area contributed by atoms with Crippen LogP contribution in [0.15, 0.2) is 5.16 Å². The highest BCUT2D eigenvalue weighted by atomic mass is 35.7. The van der Waals surface area contributed by atoms with Crippen molar-refractivity contribution >= 4 is 19.7 Å². The summed E-state index contributed by atoms with van der Waals surface area (Å²) in [4.78, 5) is 0. The predicted molar refractivity (Wildman–Crippen MR) is 71.8 cm³/mol. The summed E-state index contributed by atoms with van der Waals surface area (Å²) in [6, 6.07) is 0.233. The molecule has 0 aliphatic heterocycles. The lowest BCUT2D eigenvalue weighted by molar-refractivity contribution is 0.505. The molecule has 0 radical (unpaired) electrons. The van der Waals surface area contributed by atoms with Crippen molar-refractivity contribution in [2.24, 2.45) is 0 Å². The van der Waals surface area contributed by atoms with Crippen LogP contribution < -0.4 is 0 Å². The summed E-state index contributed by atoms with van der Waals surface area (Å²) >= 11 is 0. The fourth-order valence-corrected chi connectivity index (χ4v) is 3.88. The van der Waals surface area contributed by atoms with Gasteiger partial charge < -0.3 is 0 Å². The van der Waals surface area contributed by atoms with Crippen molar-refractivity contribution in [1.29, 1.82) is 0 Å². The van der Waals surface area contributed by atoms with Gasteiger partial charge in [-0.15, -0.1) is 10.2 Å². The molecule has 0 atom stereocenters. The third-order valence-electron chi connectivity index (χ3n) is 4.04. The molecule has 1 heterocycles. The van der Waals surface area contributed by atoms with Gasteiger partial charge in [0.2, 0.25) is 0 Å². The Bertz CT molecular complexity index is 558. The average Bonchev–Trinajstić information content (AvgIpc) is 3.12. The van der Waals surface area contributed by atoms with Crippen LogP contribution in [0.2, 0.25) is 0 Å². The molecule has 0 amide bonds. The fourth-order valence-electron chi connectivity index (χ4n) is 2.95. The van der Waals surface area contributed by atoms with Crippen LogP contribution in [-0.2, 0) is 9.05 Å². The molecule has 1 aromatic rings. The van der Waals surface area contributed by atoms with E-state index in [4.69, 9.17) is 10.7 Å². The number of hydrogen-bond acceptors (Lipinski definition) is 4. The van der Waals surface area contributed by atoms with E-state index in [0.29, 0.717) is 5.92 Å². The SMILES string of the molecule is O=S(=O)(Cl)c1nnc(C2CCCCCC2)n1C1CC1. The van der Waals surface area contributed by atoms with Gasteiger partial charge in [0, 0.05) is 22.6 Å². The molecule has 0 saturated heterocycles. The lowest BCUT2D eigenvalue weighted by atomic mass is 9.99. The van der Waals surface area contributed by atoms with Gasteiger partial charge >= 0.3 is 0 Å². The van der Waals surface area contributed by atoms with E-state index >= 15 is 0 Å². The van der Waals surface area contributed by atoms with Crippen LogP contribution >= 0.6 is 10.7 Å². The van der Waals surface area contributed by atoms with Crippen LogP contribution in [0, 0.1) is 0 Å². The van der Waals surface area contributed by atoms with Gasteiger partial charge in [0.05, 0.1) is 0 Å². The molecule has 106 valence electrons. The highest BCUT2D eigenvalue weighted by Gasteiger charge is 2.35. The van der Waals surface area contributed by atoms with Crippen molar-refractivity contribution < 1.29 is 8.42 Å². The molecule has 0 N–H and O–H groups in total. The Morgan fingerprint density at radius 1 is 1.00 bits per heavy atom.